The van der Waals surface area contributed by atoms with Gasteiger partial charge in [0, 0.05) is 6.42 Å². The summed E-state index contributed by atoms with van der Waals surface area (Å²) >= 11 is -9.19. The molecule has 12 heavy (non-hydrogen) atoms. The van der Waals surface area contributed by atoms with Crippen LogP contribution in [0.4, 0.5) is 15.1 Å². The third-order valence-electron chi connectivity index (χ3n) is 0.500. The molecule has 0 saturated heterocycles. The van der Waals surface area contributed by atoms with Crippen molar-refractivity contribution in [2.45, 2.75) is 20.3 Å². The maximum absolute atomic E-state index is 9.91. The SMILES string of the molecule is CC(C)CC#N.[F][Nb]([F])([F])([F])[F]. The Labute approximate surface area is 71.6 Å². The summed E-state index contributed by atoms with van der Waals surface area (Å²) in [4.78, 5) is 0. The molecule has 0 rings (SSSR count). The molecule has 0 aliphatic heterocycles. The van der Waals surface area contributed by atoms with Crippen molar-refractivity contribution >= 4 is 0 Å². The molecule has 0 aromatic rings. The van der Waals surface area contributed by atoms with Gasteiger partial charge in [-0.25, -0.2) is 0 Å². The van der Waals surface area contributed by atoms with Crippen LogP contribution in [0.2, 0.25) is 0 Å². The van der Waals surface area contributed by atoms with E-state index in [1.165, 1.54) is 0 Å². The van der Waals surface area contributed by atoms with Crippen LogP contribution in [0.25, 0.3) is 0 Å². The van der Waals surface area contributed by atoms with E-state index in [0.29, 0.717) is 12.3 Å². The Bertz CT molecular complexity index is 148. The van der Waals surface area contributed by atoms with Crippen molar-refractivity contribution in [3.05, 3.63) is 0 Å². The van der Waals surface area contributed by atoms with E-state index in [2.05, 4.69) is 6.07 Å². The van der Waals surface area contributed by atoms with E-state index < -0.39 is 18.5 Å². The maximum atomic E-state index is 9.91. The van der Waals surface area contributed by atoms with Gasteiger partial charge < -0.3 is 0 Å². The van der Waals surface area contributed by atoms with Crippen LogP contribution in [-0.4, -0.2) is 0 Å². The quantitative estimate of drug-likeness (QED) is 0.527. The standard InChI is InChI=1S/C5H9N.5FH.Nb/c1-5(2)3-4-6;;;;;;/h5H,3H2,1-2H3;5*1H;/q;;;;;;+5/p-5. The van der Waals surface area contributed by atoms with Crippen molar-refractivity contribution in [3.8, 4) is 6.07 Å². The number of rotatable bonds is 1. The van der Waals surface area contributed by atoms with Gasteiger partial charge in [-0.05, 0) is 5.92 Å². The van der Waals surface area contributed by atoms with Gasteiger partial charge in [-0.15, -0.1) is 0 Å². The molecule has 7 heteroatoms. The van der Waals surface area contributed by atoms with Gasteiger partial charge >= 0.3 is 33.7 Å². The van der Waals surface area contributed by atoms with Gasteiger partial charge in [0.2, 0.25) is 0 Å². The molecule has 0 aromatic heterocycles. The number of nitrogens with zero attached hydrogens (tertiary/aromatic N) is 1. The molecule has 0 heterocycles. The van der Waals surface area contributed by atoms with Crippen LogP contribution >= 0.6 is 0 Å². The summed E-state index contributed by atoms with van der Waals surface area (Å²) in [6, 6.07) is 2.07. The van der Waals surface area contributed by atoms with Crippen LogP contribution < -0.4 is 0 Å². The summed E-state index contributed by atoms with van der Waals surface area (Å²) in [6.45, 7) is 4.06. The van der Waals surface area contributed by atoms with Gasteiger partial charge in [0.25, 0.3) is 0 Å². The second-order valence-electron chi connectivity index (χ2n) is 2.39. The first-order chi connectivity index (χ1) is 5.01. The van der Waals surface area contributed by atoms with E-state index in [4.69, 9.17) is 5.26 Å². The van der Waals surface area contributed by atoms with Crippen molar-refractivity contribution in [1.82, 2.24) is 0 Å². The fraction of sp³-hybridized carbons (Fsp3) is 0.800. The zero-order chi connectivity index (χ0) is 10.4. The summed E-state index contributed by atoms with van der Waals surface area (Å²) < 4.78 is 49.6. The normalized spacial score (nSPS) is 13.8. The Balaban J connectivity index is 0. The molecule has 74 valence electrons. The molecular formula is C5H9F5NNb. The first-order valence-electron chi connectivity index (χ1n) is 2.99. The molecule has 0 aliphatic rings. The first kappa shape index (κ1) is 14.4. The Morgan fingerprint density at radius 2 is 1.42 bits per heavy atom. The molecule has 0 aliphatic carbocycles. The van der Waals surface area contributed by atoms with Gasteiger partial charge in [0.05, 0.1) is 6.07 Å². The van der Waals surface area contributed by atoms with Crippen LogP contribution in [-0.2, 0) is 18.5 Å². The number of nitriles is 1. The third kappa shape index (κ3) is 93.9. The third-order valence-corrected chi connectivity index (χ3v) is 0.500. The van der Waals surface area contributed by atoms with E-state index in [9.17, 15) is 15.1 Å². The van der Waals surface area contributed by atoms with Crippen LogP contribution in [0.5, 0.6) is 0 Å². The van der Waals surface area contributed by atoms with Crippen molar-refractivity contribution in [3.63, 3.8) is 0 Å². The molecule has 0 amide bonds. The molecule has 0 atom stereocenters. The van der Waals surface area contributed by atoms with E-state index in [1.54, 1.807) is 0 Å². The molecule has 0 radical (unpaired) electrons. The van der Waals surface area contributed by atoms with Crippen LogP contribution in [0.3, 0.4) is 0 Å². The van der Waals surface area contributed by atoms with Gasteiger partial charge in [-0.3, -0.25) is 0 Å². The van der Waals surface area contributed by atoms with Gasteiger partial charge in [0.1, 0.15) is 0 Å². The zero-order valence-electron chi connectivity index (χ0n) is 6.57. The second kappa shape index (κ2) is 4.80. The van der Waals surface area contributed by atoms with E-state index >= 15 is 0 Å². The Hall–Kier alpha value is -0.120. The van der Waals surface area contributed by atoms with Crippen LogP contribution in [0, 0.1) is 17.2 Å². The summed E-state index contributed by atoms with van der Waals surface area (Å²) in [6.07, 6.45) is 0.681. The average Bonchev–Trinajstić information content (AvgIpc) is 1.55. The molecule has 0 aromatic carbocycles. The van der Waals surface area contributed by atoms with Crippen molar-refractivity contribution in [2.24, 2.45) is 5.92 Å². The monoisotopic (exact) mass is 271 g/mol. The summed E-state index contributed by atoms with van der Waals surface area (Å²) in [5.74, 6) is 0.537. The number of hydrogen-bond donors (Lipinski definition) is 0. The van der Waals surface area contributed by atoms with Gasteiger partial charge in [-0.2, -0.15) is 5.26 Å². The molecule has 0 bridgehead atoms. The predicted octanol–water partition coefficient (Wildman–Crippen LogP) is 3.65. The van der Waals surface area contributed by atoms with Gasteiger partial charge in [-0.1, -0.05) is 13.8 Å². The molecule has 0 spiro atoms. The van der Waals surface area contributed by atoms with Crippen molar-refractivity contribution in [1.29, 1.82) is 5.26 Å². The molecule has 0 saturated carbocycles. The number of halogens is 5. The minimum atomic E-state index is -9.19. The molecular weight excluding hydrogens is 262 g/mol. The fourth-order valence-corrected chi connectivity index (χ4v) is 0.183. The zero-order valence-corrected chi connectivity index (χ0v) is 8.77. The Kier molecular flexibility index (Phi) is 5.76. The summed E-state index contributed by atoms with van der Waals surface area (Å²) in [5.41, 5.74) is 0. The molecule has 0 N–H and O–H groups in total. The Morgan fingerprint density at radius 3 is 1.42 bits per heavy atom. The minimum absolute atomic E-state index is 0.537. The average molecular weight is 271 g/mol. The van der Waals surface area contributed by atoms with Crippen LogP contribution in [0.15, 0.2) is 0 Å². The predicted molar refractivity (Wildman–Crippen MR) is 30.6 cm³/mol. The van der Waals surface area contributed by atoms with E-state index in [1.807, 2.05) is 13.8 Å². The summed E-state index contributed by atoms with van der Waals surface area (Å²) in [7, 11) is 0. The fourth-order valence-electron chi connectivity index (χ4n) is 0.183. The van der Waals surface area contributed by atoms with Crippen molar-refractivity contribution in [2.75, 3.05) is 0 Å². The van der Waals surface area contributed by atoms with Crippen LogP contribution in [0.1, 0.15) is 20.3 Å². The number of hydrogen-bond acceptors (Lipinski definition) is 1. The van der Waals surface area contributed by atoms with E-state index in [-0.39, 0.29) is 0 Å². The first-order valence-corrected chi connectivity index (χ1v) is 7.14. The topological polar surface area (TPSA) is 23.8 Å². The van der Waals surface area contributed by atoms with Gasteiger partial charge in [0.15, 0.2) is 0 Å². The van der Waals surface area contributed by atoms with E-state index in [0.717, 1.165) is 0 Å². The molecule has 0 unspecified atom stereocenters. The second-order valence-corrected chi connectivity index (χ2v) is 5.54. The van der Waals surface area contributed by atoms with Crippen molar-refractivity contribution < 1.29 is 33.7 Å². The summed E-state index contributed by atoms with van der Waals surface area (Å²) in [5, 5.41) is 7.99. The Morgan fingerprint density at radius 1 is 1.17 bits per heavy atom. The molecule has 1 nitrogen and oxygen atoms in total. The molecule has 0 fully saturated rings.